The number of nitriles is 1. The number of hydrogen-bond donors (Lipinski definition) is 1. The summed E-state index contributed by atoms with van der Waals surface area (Å²) in [7, 11) is 1.56. The second-order valence-corrected chi connectivity index (χ2v) is 6.89. The number of nitrogens with one attached hydrogen (secondary N) is 1. The molecule has 31 heavy (non-hydrogen) atoms. The molecule has 0 aliphatic rings. The number of rotatable bonds is 7. The first kappa shape index (κ1) is 21.7. The third-order valence-electron chi connectivity index (χ3n) is 4.52. The van der Waals surface area contributed by atoms with Crippen molar-refractivity contribution in [2.75, 3.05) is 19.0 Å². The van der Waals surface area contributed by atoms with Crippen molar-refractivity contribution in [3.8, 4) is 23.3 Å². The summed E-state index contributed by atoms with van der Waals surface area (Å²) in [5, 5.41) is 16.8. The van der Waals surface area contributed by atoms with Gasteiger partial charge in [-0.1, -0.05) is 23.8 Å². The van der Waals surface area contributed by atoms with E-state index in [1.165, 1.54) is 6.08 Å². The van der Waals surface area contributed by atoms with E-state index in [9.17, 15) is 10.1 Å². The molecule has 0 aliphatic carbocycles. The number of amides is 1. The van der Waals surface area contributed by atoms with Crippen LogP contribution < -0.4 is 14.8 Å². The largest absolute Gasteiger partial charge is 0.493 e. The van der Waals surface area contributed by atoms with E-state index in [0.29, 0.717) is 29.5 Å². The molecule has 7 nitrogen and oxygen atoms in total. The van der Waals surface area contributed by atoms with Crippen LogP contribution in [0.15, 0.2) is 54.1 Å². The van der Waals surface area contributed by atoms with Gasteiger partial charge in [0.15, 0.2) is 11.5 Å². The number of ether oxygens (including phenoxy) is 2. The van der Waals surface area contributed by atoms with Crippen molar-refractivity contribution in [2.45, 2.75) is 20.8 Å². The highest BCUT2D eigenvalue weighted by atomic mass is 16.5. The van der Waals surface area contributed by atoms with Gasteiger partial charge in [0.25, 0.3) is 5.91 Å². The van der Waals surface area contributed by atoms with Crippen LogP contribution >= 0.6 is 0 Å². The van der Waals surface area contributed by atoms with Crippen LogP contribution in [0.2, 0.25) is 0 Å². The van der Waals surface area contributed by atoms with Crippen molar-refractivity contribution >= 4 is 17.8 Å². The molecule has 3 rings (SSSR count). The zero-order valence-corrected chi connectivity index (χ0v) is 18.0. The quantitative estimate of drug-likeness (QED) is 0.454. The fourth-order valence-corrected chi connectivity index (χ4v) is 3.02. The van der Waals surface area contributed by atoms with Gasteiger partial charge in [-0.2, -0.15) is 10.4 Å². The second kappa shape index (κ2) is 9.63. The Balaban J connectivity index is 1.88. The molecular formula is C24H24N4O3. The molecular weight excluding hydrogens is 392 g/mol. The van der Waals surface area contributed by atoms with Gasteiger partial charge >= 0.3 is 0 Å². The molecule has 1 N–H and O–H groups in total. The van der Waals surface area contributed by atoms with Gasteiger partial charge in [0.1, 0.15) is 17.5 Å². The molecule has 158 valence electrons. The van der Waals surface area contributed by atoms with Crippen molar-refractivity contribution in [3.63, 3.8) is 0 Å². The monoisotopic (exact) mass is 416 g/mol. The molecule has 3 aromatic rings. The third-order valence-corrected chi connectivity index (χ3v) is 4.52. The molecule has 0 atom stereocenters. The minimum Gasteiger partial charge on any atom is -0.493 e. The van der Waals surface area contributed by atoms with Crippen molar-refractivity contribution in [3.05, 3.63) is 70.9 Å². The average molecular weight is 416 g/mol. The third kappa shape index (κ3) is 5.11. The van der Waals surface area contributed by atoms with E-state index in [2.05, 4.69) is 10.4 Å². The first-order chi connectivity index (χ1) is 14.9. The smallest absolute Gasteiger partial charge is 0.267 e. The van der Waals surface area contributed by atoms with E-state index in [1.807, 2.05) is 51.1 Å². The van der Waals surface area contributed by atoms with Gasteiger partial charge in [-0.15, -0.1) is 0 Å². The van der Waals surface area contributed by atoms with E-state index in [0.717, 1.165) is 16.9 Å². The van der Waals surface area contributed by atoms with Gasteiger partial charge in [0.05, 0.1) is 25.1 Å². The summed E-state index contributed by atoms with van der Waals surface area (Å²) in [6, 6.07) is 16.7. The lowest BCUT2D eigenvalue weighted by Crippen LogP contribution is -2.16. The van der Waals surface area contributed by atoms with E-state index in [4.69, 9.17) is 9.47 Å². The molecule has 2 aromatic carbocycles. The minimum atomic E-state index is -0.524. The van der Waals surface area contributed by atoms with Crippen LogP contribution in [0, 0.1) is 25.2 Å². The summed E-state index contributed by atoms with van der Waals surface area (Å²) in [6.07, 6.45) is 1.51. The zero-order valence-electron chi connectivity index (χ0n) is 18.0. The standard InChI is InChI=1S/C24H24N4O3/c1-5-31-22-14-18(8-11-21(22)30-4)13-19(15-25)24(29)26-23-12-17(3)27-28(23)20-9-6-16(2)7-10-20/h6-14H,5H2,1-4H3,(H,26,29)/b19-13+. The Morgan fingerprint density at radius 3 is 2.55 bits per heavy atom. The van der Waals surface area contributed by atoms with Crippen molar-refractivity contribution in [2.24, 2.45) is 0 Å². The fraction of sp³-hybridized carbons (Fsp3) is 0.208. The maximum absolute atomic E-state index is 12.8. The summed E-state index contributed by atoms with van der Waals surface area (Å²) < 4.78 is 12.5. The lowest BCUT2D eigenvalue weighted by Gasteiger charge is -2.10. The zero-order chi connectivity index (χ0) is 22.4. The number of aryl methyl sites for hydroxylation is 2. The average Bonchev–Trinajstić information content (AvgIpc) is 3.12. The summed E-state index contributed by atoms with van der Waals surface area (Å²) in [6.45, 7) is 6.18. The van der Waals surface area contributed by atoms with Gasteiger partial charge in [-0.3, -0.25) is 4.79 Å². The molecule has 0 aliphatic heterocycles. The highest BCUT2D eigenvalue weighted by Gasteiger charge is 2.15. The Labute approximate surface area is 181 Å². The number of carbonyl (C=O) groups is 1. The van der Waals surface area contributed by atoms with Crippen LogP contribution in [-0.4, -0.2) is 29.4 Å². The molecule has 1 aromatic heterocycles. The Morgan fingerprint density at radius 2 is 1.90 bits per heavy atom. The summed E-state index contributed by atoms with van der Waals surface area (Å²) in [4.78, 5) is 12.8. The van der Waals surface area contributed by atoms with Crippen LogP contribution in [0.25, 0.3) is 11.8 Å². The minimum absolute atomic E-state index is 0.0399. The highest BCUT2D eigenvalue weighted by Crippen LogP contribution is 2.29. The van der Waals surface area contributed by atoms with Crippen LogP contribution in [0.5, 0.6) is 11.5 Å². The van der Waals surface area contributed by atoms with Gasteiger partial charge in [0.2, 0.25) is 0 Å². The molecule has 0 spiro atoms. The first-order valence-electron chi connectivity index (χ1n) is 9.82. The molecule has 1 heterocycles. The Bertz CT molecular complexity index is 1150. The van der Waals surface area contributed by atoms with Gasteiger partial charge in [-0.05, 0) is 56.7 Å². The molecule has 0 unspecified atom stereocenters. The molecule has 0 radical (unpaired) electrons. The molecule has 7 heteroatoms. The van der Waals surface area contributed by atoms with Crippen LogP contribution in [-0.2, 0) is 4.79 Å². The van der Waals surface area contributed by atoms with E-state index >= 15 is 0 Å². The first-order valence-corrected chi connectivity index (χ1v) is 9.82. The summed E-state index contributed by atoms with van der Waals surface area (Å²) in [5.41, 5.74) is 3.29. The highest BCUT2D eigenvalue weighted by molar-refractivity contribution is 6.09. The van der Waals surface area contributed by atoms with Crippen molar-refractivity contribution < 1.29 is 14.3 Å². The van der Waals surface area contributed by atoms with E-state index < -0.39 is 5.91 Å². The fourth-order valence-electron chi connectivity index (χ4n) is 3.02. The lowest BCUT2D eigenvalue weighted by molar-refractivity contribution is -0.112. The normalized spacial score (nSPS) is 11.0. The van der Waals surface area contributed by atoms with Crippen molar-refractivity contribution in [1.82, 2.24) is 9.78 Å². The predicted octanol–water partition coefficient (Wildman–Crippen LogP) is 4.44. The lowest BCUT2D eigenvalue weighted by atomic mass is 10.1. The summed E-state index contributed by atoms with van der Waals surface area (Å²) in [5.74, 6) is 1.09. The van der Waals surface area contributed by atoms with Gasteiger partial charge in [0, 0.05) is 6.07 Å². The van der Waals surface area contributed by atoms with Gasteiger partial charge < -0.3 is 14.8 Å². The molecule has 0 saturated heterocycles. The molecule has 0 fully saturated rings. The Hall–Kier alpha value is -4.05. The number of aromatic nitrogens is 2. The number of nitrogens with zero attached hydrogens (tertiary/aromatic N) is 3. The molecule has 0 bridgehead atoms. The predicted molar refractivity (Wildman–Crippen MR) is 119 cm³/mol. The maximum atomic E-state index is 12.8. The van der Waals surface area contributed by atoms with E-state index in [-0.39, 0.29) is 5.57 Å². The van der Waals surface area contributed by atoms with Crippen molar-refractivity contribution in [1.29, 1.82) is 5.26 Å². The number of hydrogen-bond acceptors (Lipinski definition) is 5. The number of anilines is 1. The summed E-state index contributed by atoms with van der Waals surface area (Å²) >= 11 is 0. The van der Waals surface area contributed by atoms with Crippen LogP contribution in [0.3, 0.4) is 0 Å². The number of benzene rings is 2. The van der Waals surface area contributed by atoms with Crippen LogP contribution in [0.1, 0.15) is 23.7 Å². The SMILES string of the molecule is CCOc1cc(/C=C(\C#N)C(=O)Nc2cc(C)nn2-c2ccc(C)cc2)ccc1OC. The Morgan fingerprint density at radius 1 is 1.16 bits per heavy atom. The van der Waals surface area contributed by atoms with Gasteiger partial charge in [-0.25, -0.2) is 4.68 Å². The molecule has 1 amide bonds. The van der Waals surface area contributed by atoms with E-state index in [1.54, 1.807) is 36.1 Å². The number of carbonyl (C=O) groups excluding carboxylic acids is 1. The second-order valence-electron chi connectivity index (χ2n) is 6.89. The maximum Gasteiger partial charge on any atom is 0.267 e. The topological polar surface area (TPSA) is 89.2 Å². The molecule has 0 saturated carbocycles. The Kier molecular flexibility index (Phi) is 6.73. The van der Waals surface area contributed by atoms with Crippen LogP contribution in [0.4, 0.5) is 5.82 Å². The number of methoxy groups -OCH3 is 1.